The third-order valence-electron chi connectivity index (χ3n) is 3.21. The molecule has 3 aromatic carbocycles. The molecule has 3 aromatic rings. The zero-order valence-corrected chi connectivity index (χ0v) is 11.7. The fourth-order valence-electron chi connectivity index (χ4n) is 2.04. The minimum Gasteiger partial charge on any atom is -0.298 e. The van der Waals surface area contributed by atoms with E-state index in [0.29, 0.717) is 5.56 Å². The summed E-state index contributed by atoms with van der Waals surface area (Å²) in [5.74, 6) is 0. The summed E-state index contributed by atoms with van der Waals surface area (Å²) in [5, 5.41) is 2.14. The van der Waals surface area contributed by atoms with Crippen molar-refractivity contribution in [2.24, 2.45) is 0 Å². The van der Waals surface area contributed by atoms with Gasteiger partial charge >= 0.3 is 0 Å². The highest BCUT2D eigenvalue weighted by Gasteiger charge is 1.96. The number of rotatable bonds is 2. The van der Waals surface area contributed by atoms with Crippen molar-refractivity contribution in [2.75, 3.05) is 0 Å². The van der Waals surface area contributed by atoms with Gasteiger partial charge in [0, 0.05) is 11.1 Å². The van der Waals surface area contributed by atoms with Crippen LogP contribution in [0, 0.1) is 6.92 Å². The van der Waals surface area contributed by atoms with Gasteiger partial charge in [0.15, 0.2) is 6.29 Å². The topological polar surface area (TPSA) is 34.1 Å². The van der Waals surface area contributed by atoms with Gasteiger partial charge in [-0.2, -0.15) is 0 Å². The van der Waals surface area contributed by atoms with Crippen LogP contribution in [0.4, 0.5) is 0 Å². The Labute approximate surface area is 124 Å². The maximum absolute atomic E-state index is 10.6. The summed E-state index contributed by atoms with van der Waals surface area (Å²) in [6.07, 6.45) is 2.74. The van der Waals surface area contributed by atoms with Crippen molar-refractivity contribution in [3.05, 3.63) is 83.4 Å². The molecule has 103 valence electrons. The summed E-state index contributed by atoms with van der Waals surface area (Å²) in [6, 6.07) is 21.0. The summed E-state index contributed by atoms with van der Waals surface area (Å²) in [5.41, 5.74) is 2.39. The molecule has 21 heavy (non-hydrogen) atoms. The molecule has 0 aliphatic rings. The highest BCUT2D eigenvalue weighted by Crippen LogP contribution is 2.16. The van der Waals surface area contributed by atoms with E-state index in [1.54, 1.807) is 6.07 Å². The van der Waals surface area contributed by atoms with Crippen molar-refractivity contribution >= 4 is 23.3 Å². The second-order valence-electron chi connectivity index (χ2n) is 4.60. The number of aryl methyl sites for hydroxylation is 1. The molecule has 0 heterocycles. The van der Waals surface area contributed by atoms with Gasteiger partial charge < -0.3 is 0 Å². The van der Waals surface area contributed by atoms with Crippen molar-refractivity contribution in [3.63, 3.8) is 0 Å². The molecular formula is C19H15O2. The molecule has 0 amide bonds. The van der Waals surface area contributed by atoms with Gasteiger partial charge in [0.1, 0.15) is 0 Å². The molecule has 0 spiro atoms. The maximum Gasteiger partial charge on any atom is 0.233 e. The minimum atomic E-state index is 0.650. The van der Waals surface area contributed by atoms with E-state index in [0.717, 1.165) is 28.2 Å². The Morgan fingerprint density at radius 1 is 0.857 bits per heavy atom. The van der Waals surface area contributed by atoms with Crippen LogP contribution in [0.3, 0.4) is 0 Å². The summed E-state index contributed by atoms with van der Waals surface area (Å²) >= 11 is 0. The van der Waals surface area contributed by atoms with Crippen LogP contribution >= 0.6 is 0 Å². The molecule has 0 unspecified atom stereocenters. The average molecular weight is 275 g/mol. The highest BCUT2D eigenvalue weighted by molar-refractivity contribution is 5.97. The van der Waals surface area contributed by atoms with Gasteiger partial charge in [-0.25, -0.2) is 0 Å². The van der Waals surface area contributed by atoms with Gasteiger partial charge in [-0.15, -0.1) is 0 Å². The maximum atomic E-state index is 10.6. The molecule has 0 aliphatic carbocycles. The standard InChI is InChI=1S/C11H8O.C8H7O/c12-8-10-6-3-5-9-4-1-2-7-11(9)10;1-7-4-2-3-5-8(7)6-9/h1-8H;2-5H,1H3. The number of aldehydes is 1. The van der Waals surface area contributed by atoms with Gasteiger partial charge in [0.25, 0.3) is 0 Å². The molecule has 0 saturated heterocycles. The van der Waals surface area contributed by atoms with Crippen LogP contribution in [0.2, 0.25) is 0 Å². The number of benzene rings is 3. The third-order valence-corrected chi connectivity index (χ3v) is 3.21. The van der Waals surface area contributed by atoms with E-state index < -0.39 is 0 Å². The number of fused-ring (bicyclic) bond motifs is 1. The molecular weight excluding hydrogens is 260 g/mol. The predicted molar refractivity (Wildman–Crippen MR) is 85.3 cm³/mol. The van der Waals surface area contributed by atoms with E-state index in [4.69, 9.17) is 0 Å². The van der Waals surface area contributed by atoms with E-state index in [9.17, 15) is 9.59 Å². The first-order chi connectivity index (χ1) is 10.3. The van der Waals surface area contributed by atoms with Crippen LogP contribution in [-0.2, 0) is 4.79 Å². The van der Waals surface area contributed by atoms with Crippen molar-refractivity contribution in [1.29, 1.82) is 0 Å². The normalized spacial score (nSPS) is 9.57. The summed E-state index contributed by atoms with van der Waals surface area (Å²) in [6.45, 7) is 1.89. The van der Waals surface area contributed by atoms with Crippen LogP contribution in [0.15, 0.2) is 66.7 Å². The molecule has 0 fully saturated rings. The van der Waals surface area contributed by atoms with Gasteiger partial charge in [-0.3, -0.25) is 9.59 Å². The zero-order chi connectivity index (χ0) is 15.1. The Morgan fingerprint density at radius 3 is 2.19 bits per heavy atom. The van der Waals surface area contributed by atoms with E-state index in [2.05, 4.69) is 0 Å². The van der Waals surface area contributed by atoms with E-state index in [1.807, 2.05) is 73.9 Å². The first kappa shape index (κ1) is 14.7. The first-order valence-electron chi connectivity index (χ1n) is 6.63. The summed E-state index contributed by atoms with van der Waals surface area (Å²) < 4.78 is 0. The second kappa shape index (κ2) is 7.15. The van der Waals surface area contributed by atoms with Crippen molar-refractivity contribution in [3.8, 4) is 0 Å². The van der Waals surface area contributed by atoms with Crippen LogP contribution < -0.4 is 0 Å². The first-order valence-corrected chi connectivity index (χ1v) is 6.63. The molecule has 2 nitrogen and oxygen atoms in total. The number of carbonyl (C=O) groups is 1. The Kier molecular flexibility index (Phi) is 4.99. The lowest BCUT2D eigenvalue weighted by molar-refractivity contribution is 0.112. The Morgan fingerprint density at radius 2 is 1.52 bits per heavy atom. The van der Waals surface area contributed by atoms with Crippen LogP contribution in [0.5, 0.6) is 0 Å². The fraction of sp³-hybridized carbons (Fsp3) is 0.0526. The van der Waals surface area contributed by atoms with E-state index >= 15 is 0 Å². The Balaban J connectivity index is 0.000000161. The van der Waals surface area contributed by atoms with E-state index in [-0.39, 0.29) is 0 Å². The van der Waals surface area contributed by atoms with Gasteiger partial charge in [-0.05, 0) is 23.3 Å². The molecule has 0 atom stereocenters. The molecule has 0 aliphatic heterocycles. The van der Waals surface area contributed by atoms with Gasteiger partial charge in [-0.1, -0.05) is 66.7 Å². The average Bonchev–Trinajstić information content (AvgIpc) is 2.55. The van der Waals surface area contributed by atoms with E-state index in [1.165, 1.54) is 0 Å². The Hall–Kier alpha value is -2.74. The smallest absolute Gasteiger partial charge is 0.233 e. The SMILES string of the molecule is Cc1ccccc1[C]=O.O=Cc1cccc2ccccc12. The molecule has 0 N–H and O–H groups in total. The fourth-order valence-corrected chi connectivity index (χ4v) is 2.04. The molecule has 0 aromatic heterocycles. The summed E-state index contributed by atoms with van der Waals surface area (Å²) in [4.78, 5) is 20.7. The Bertz CT molecular complexity index is 755. The lowest BCUT2D eigenvalue weighted by Crippen LogP contribution is -1.82. The number of hydrogen-bond acceptors (Lipinski definition) is 2. The minimum absolute atomic E-state index is 0.650. The third kappa shape index (κ3) is 3.63. The predicted octanol–water partition coefficient (Wildman–Crippen LogP) is 4.11. The summed E-state index contributed by atoms with van der Waals surface area (Å²) in [7, 11) is 0. The van der Waals surface area contributed by atoms with Crippen molar-refractivity contribution in [1.82, 2.24) is 0 Å². The number of hydrogen-bond donors (Lipinski definition) is 0. The largest absolute Gasteiger partial charge is 0.298 e. The van der Waals surface area contributed by atoms with Crippen LogP contribution in [0.25, 0.3) is 10.8 Å². The lowest BCUT2D eigenvalue weighted by Gasteiger charge is -1.98. The highest BCUT2D eigenvalue weighted by atomic mass is 16.1. The molecule has 1 radical (unpaired) electrons. The quantitative estimate of drug-likeness (QED) is 0.660. The molecule has 0 bridgehead atoms. The number of carbonyl (C=O) groups excluding carboxylic acids is 2. The van der Waals surface area contributed by atoms with Crippen LogP contribution in [-0.4, -0.2) is 12.6 Å². The zero-order valence-electron chi connectivity index (χ0n) is 11.7. The van der Waals surface area contributed by atoms with Gasteiger partial charge in [0.05, 0.1) is 0 Å². The van der Waals surface area contributed by atoms with Crippen LogP contribution in [0.1, 0.15) is 21.5 Å². The van der Waals surface area contributed by atoms with Gasteiger partial charge in [0.2, 0.25) is 6.29 Å². The van der Waals surface area contributed by atoms with Crippen molar-refractivity contribution < 1.29 is 9.59 Å². The second-order valence-corrected chi connectivity index (χ2v) is 4.60. The monoisotopic (exact) mass is 275 g/mol. The van der Waals surface area contributed by atoms with Crippen molar-refractivity contribution in [2.45, 2.75) is 6.92 Å². The molecule has 3 rings (SSSR count). The lowest BCUT2D eigenvalue weighted by atomic mass is 10.1. The molecule has 2 heteroatoms. The molecule has 0 saturated carbocycles.